The highest BCUT2D eigenvalue weighted by molar-refractivity contribution is 7.66. The molecule has 0 unspecified atom stereocenters. The number of benzene rings is 4. The molecule has 4 aromatic carbocycles. The molecule has 0 aromatic heterocycles. The molecular formula is C27H25N2OP. The second-order valence-corrected chi connectivity index (χ2v) is 10.4. The van der Waals surface area contributed by atoms with Gasteiger partial charge in [-0.3, -0.25) is 13.9 Å². The summed E-state index contributed by atoms with van der Waals surface area (Å²) in [6.45, 7) is 1.89. The van der Waals surface area contributed by atoms with Gasteiger partial charge in [-0.1, -0.05) is 97.1 Å². The van der Waals surface area contributed by atoms with E-state index in [0.29, 0.717) is 0 Å². The summed E-state index contributed by atoms with van der Waals surface area (Å²) in [5, 5.41) is 0. The van der Waals surface area contributed by atoms with Crippen LogP contribution >= 0.6 is 7.44 Å². The minimum Gasteiger partial charge on any atom is -0.297 e. The van der Waals surface area contributed by atoms with Crippen molar-refractivity contribution >= 4 is 18.8 Å². The maximum absolute atomic E-state index is 14.7. The van der Waals surface area contributed by atoms with E-state index in [2.05, 4.69) is 82.1 Å². The molecule has 0 spiro atoms. The Labute approximate surface area is 184 Å². The summed E-state index contributed by atoms with van der Waals surface area (Å²) in [7, 11) is -2.98. The van der Waals surface area contributed by atoms with Crippen LogP contribution in [0.25, 0.3) is 0 Å². The van der Waals surface area contributed by atoms with Crippen LogP contribution in [0.2, 0.25) is 0 Å². The molecule has 0 bridgehead atoms. The molecule has 1 saturated heterocycles. The lowest BCUT2D eigenvalue weighted by molar-refractivity contribution is 0.577. The monoisotopic (exact) mass is 424 g/mol. The maximum atomic E-state index is 14.7. The fraction of sp³-hybridized carbons (Fsp3) is 0.111. The summed E-state index contributed by atoms with van der Waals surface area (Å²) in [4.78, 5) is 0. The minimum atomic E-state index is -2.98. The Morgan fingerprint density at radius 1 is 0.516 bits per heavy atom. The van der Waals surface area contributed by atoms with E-state index < -0.39 is 7.44 Å². The lowest BCUT2D eigenvalue weighted by Gasteiger charge is -2.31. The van der Waals surface area contributed by atoms with Gasteiger partial charge in [0.2, 0.25) is 0 Å². The summed E-state index contributed by atoms with van der Waals surface area (Å²) < 4.78 is 19.0. The second kappa shape index (κ2) is 8.09. The first-order valence-electron chi connectivity index (χ1n) is 10.5. The predicted octanol–water partition coefficient (Wildman–Crippen LogP) is 7.32. The summed E-state index contributed by atoms with van der Waals surface area (Å²) >= 11 is 0. The Balaban J connectivity index is 1.79. The lowest BCUT2D eigenvalue weighted by atomic mass is 9.92. The normalized spacial score (nSPS) is 20.0. The van der Waals surface area contributed by atoms with E-state index in [0.717, 1.165) is 22.5 Å². The maximum Gasteiger partial charge on any atom is 0.261 e. The largest absolute Gasteiger partial charge is 0.297 e. The van der Waals surface area contributed by atoms with Gasteiger partial charge in [-0.25, -0.2) is 0 Å². The van der Waals surface area contributed by atoms with Crippen molar-refractivity contribution in [2.24, 2.45) is 0 Å². The second-order valence-electron chi connectivity index (χ2n) is 7.91. The van der Waals surface area contributed by atoms with E-state index in [4.69, 9.17) is 0 Å². The molecule has 0 aliphatic carbocycles. The van der Waals surface area contributed by atoms with Crippen LogP contribution < -0.4 is 9.34 Å². The topological polar surface area (TPSA) is 23.6 Å². The van der Waals surface area contributed by atoms with E-state index in [1.165, 1.54) is 0 Å². The number of hydrogen-bond donors (Lipinski definition) is 0. The lowest BCUT2D eigenvalue weighted by Crippen LogP contribution is -2.23. The molecule has 154 valence electrons. The zero-order valence-electron chi connectivity index (χ0n) is 17.5. The molecule has 31 heavy (non-hydrogen) atoms. The first-order chi connectivity index (χ1) is 15.2. The van der Waals surface area contributed by atoms with Gasteiger partial charge < -0.3 is 0 Å². The zero-order chi connectivity index (χ0) is 21.3. The molecule has 0 radical (unpaired) electrons. The molecule has 4 aromatic rings. The van der Waals surface area contributed by atoms with E-state index in [-0.39, 0.29) is 12.1 Å². The quantitative estimate of drug-likeness (QED) is 0.321. The molecule has 0 saturated carbocycles. The van der Waals surface area contributed by atoms with Crippen LogP contribution in [0.3, 0.4) is 0 Å². The molecule has 3 nitrogen and oxygen atoms in total. The Kier molecular flexibility index (Phi) is 5.13. The fourth-order valence-electron chi connectivity index (χ4n) is 4.69. The van der Waals surface area contributed by atoms with E-state index in [1.807, 2.05) is 55.2 Å². The van der Waals surface area contributed by atoms with Crippen LogP contribution in [0.5, 0.6) is 0 Å². The molecule has 5 rings (SSSR count). The fourth-order valence-corrected chi connectivity index (χ4v) is 7.47. The Hall–Kier alpha value is -3.29. The smallest absolute Gasteiger partial charge is 0.261 e. The number of nitrogens with zero attached hydrogens (tertiary/aromatic N) is 2. The molecule has 1 aliphatic heterocycles. The predicted molar refractivity (Wildman–Crippen MR) is 130 cm³/mol. The SMILES string of the molecule is CP1(=O)N(c2ccccc2)[C@H](c2ccccc2)[C@@H](c2ccccc2)N1c1ccccc1. The van der Waals surface area contributed by atoms with Gasteiger partial charge in [0.25, 0.3) is 7.44 Å². The van der Waals surface area contributed by atoms with Crippen LogP contribution in [0, 0.1) is 0 Å². The summed E-state index contributed by atoms with van der Waals surface area (Å²) in [6, 6.07) is 41.0. The van der Waals surface area contributed by atoms with Gasteiger partial charge in [0.1, 0.15) is 0 Å². The van der Waals surface area contributed by atoms with Gasteiger partial charge in [0.15, 0.2) is 0 Å². The summed E-state index contributed by atoms with van der Waals surface area (Å²) in [5.74, 6) is 0. The van der Waals surface area contributed by atoms with Gasteiger partial charge in [-0.05, 0) is 35.4 Å². The van der Waals surface area contributed by atoms with E-state index in [9.17, 15) is 4.57 Å². The Morgan fingerprint density at radius 3 is 1.13 bits per heavy atom. The van der Waals surface area contributed by atoms with Gasteiger partial charge in [0, 0.05) is 18.0 Å². The number of rotatable bonds is 4. The van der Waals surface area contributed by atoms with Crippen LogP contribution in [0.15, 0.2) is 121 Å². The van der Waals surface area contributed by atoms with Crippen molar-refractivity contribution in [1.82, 2.24) is 0 Å². The third-order valence-electron chi connectivity index (χ3n) is 5.95. The molecule has 0 N–H and O–H groups in total. The average Bonchev–Trinajstić information content (AvgIpc) is 3.08. The minimum absolute atomic E-state index is 0.0953. The summed E-state index contributed by atoms with van der Waals surface area (Å²) in [6.07, 6.45) is 0. The highest BCUT2D eigenvalue weighted by Gasteiger charge is 2.53. The average molecular weight is 424 g/mol. The molecular weight excluding hydrogens is 399 g/mol. The van der Waals surface area contributed by atoms with Crippen molar-refractivity contribution in [2.45, 2.75) is 12.1 Å². The van der Waals surface area contributed by atoms with Crippen molar-refractivity contribution in [3.63, 3.8) is 0 Å². The molecule has 1 fully saturated rings. The number of hydrogen-bond acceptors (Lipinski definition) is 1. The highest BCUT2D eigenvalue weighted by atomic mass is 31.2. The van der Waals surface area contributed by atoms with Crippen molar-refractivity contribution in [3.8, 4) is 0 Å². The van der Waals surface area contributed by atoms with Crippen molar-refractivity contribution in [1.29, 1.82) is 0 Å². The Bertz CT molecular complexity index is 1090. The molecule has 1 aliphatic rings. The third-order valence-corrected chi connectivity index (χ3v) is 8.51. The number of para-hydroxylation sites is 2. The van der Waals surface area contributed by atoms with Crippen LogP contribution in [0.4, 0.5) is 11.4 Å². The first kappa shape index (κ1) is 19.7. The van der Waals surface area contributed by atoms with Crippen molar-refractivity contribution in [3.05, 3.63) is 132 Å². The number of anilines is 2. The summed E-state index contributed by atoms with van der Waals surface area (Å²) in [5.41, 5.74) is 4.25. The first-order valence-corrected chi connectivity index (χ1v) is 12.6. The molecule has 4 heteroatoms. The van der Waals surface area contributed by atoms with Crippen molar-refractivity contribution < 1.29 is 4.57 Å². The van der Waals surface area contributed by atoms with E-state index >= 15 is 0 Å². The highest BCUT2D eigenvalue weighted by Crippen LogP contribution is 2.69. The van der Waals surface area contributed by atoms with E-state index in [1.54, 1.807) is 0 Å². The van der Waals surface area contributed by atoms with Gasteiger partial charge in [-0.2, -0.15) is 0 Å². The van der Waals surface area contributed by atoms with Gasteiger partial charge in [-0.15, -0.1) is 0 Å². The van der Waals surface area contributed by atoms with Crippen LogP contribution in [-0.2, 0) is 4.57 Å². The Morgan fingerprint density at radius 2 is 0.806 bits per heavy atom. The molecule has 1 heterocycles. The van der Waals surface area contributed by atoms with Gasteiger partial charge >= 0.3 is 0 Å². The standard InChI is InChI=1S/C27H25N2OP/c1-31(30)28(24-18-10-4-11-19-24)26(22-14-6-2-7-15-22)27(23-16-8-3-9-17-23)29(31)25-20-12-5-13-21-25/h2-21,26-27H,1H3/t26-,27-/m1/s1. The van der Waals surface area contributed by atoms with Crippen LogP contribution in [-0.4, -0.2) is 6.66 Å². The zero-order valence-corrected chi connectivity index (χ0v) is 18.3. The third kappa shape index (κ3) is 3.45. The van der Waals surface area contributed by atoms with Crippen molar-refractivity contribution in [2.75, 3.05) is 16.0 Å². The van der Waals surface area contributed by atoms with Crippen LogP contribution in [0.1, 0.15) is 23.2 Å². The van der Waals surface area contributed by atoms with Gasteiger partial charge in [0.05, 0.1) is 12.1 Å². The molecule has 2 atom stereocenters. The molecule has 0 amide bonds.